The molecule has 0 amide bonds. The number of hydrogen-bond acceptors (Lipinski definition) is 2. The van der Waals surface area contributed by atoms with E-state index < -0.39 is 5.82 Å². The lowest BCUT2D eigenvalue weighted by molar-refractivity contribution is 0.100. The highest BCUT2D eigenvalue weighted by Gasteiger charge is 2.12. The maximum Gasteiger partial charge on any atom is 0.160 e. The highest BCUT2D eigenvalue weighted by molar-refractivity contribution is 6.02. The molecule has 13 heavy (non-hydrogen) atoms. The molecule has 0 fully saturated rings. The second kappa shape index (κ2) is 3.47. The molecule has 68 valence electrons. The number of rotatable bonds is 2. The number of Topliss-reactive ketones (excluding diaryl/α,β-unsaturated/α-hetero) is 1. The molecule has 0 bridgehead atoms. The van der Waals surface area contributed by atoms with Crippen molar-refractivity contribution in [1.82, 2.24) is 0 Å². The Balaban J connectivity index is 3.50. The van der Waals surface area contributed by atoms with Crippen LogP contribution < -0.4 is 0 Å². The summed E-state index contributed by atoms with van der Waals surface area (Å²) in [6.07, 6.45) is 0.559. The van der Waals surface area contributed by atoms with Crippen molar-refractivity contribution in [2.45, 2.75) is 13.8 Å². The lowest BCUT2D eigenvalue weighted by Crippen LogP contribution is -2.03. The van der Waals surface area contributed by atoms with Gasteiger partial charge >= 0.3 is 0 Å². The Hall–Kier alpha value is -1.51. The monoisotopic (exact) mass is 180 g/mol. The highest BCUT2D eigenvalue weighted by atomic mass is 19.1. The molecular formula is C10H9FO2. The van der Waals surface area contributed by atoms with Gasteiger partial charge in [-0.15, -0.1) is 0 Å². The molecule has 0 atom stereocenters. The highest BCUT2D eigenvalue weighted by Crippen LogP contribution is 2.16. The second-order valence-electron chi connectivity index (χ2n) is 2.81. The summed E-state index contributed by atoms with van der Waals surface area (Å²) in [5.41, 5.74) is 0.651. The maximum atomic E-state index is 13.0. The molecule has 3 heteroatoms. The van der Waals surface area contributed by atoms with E-state index in [-0.39, 0.29) is 22.5 Å². The van der Waals surface area contributed by atoms with Gasteiger partial charge in [0.1, 0.15) is 5.82 Å². The smallest absolute Gasteiger partial charge is 0.160 e. The van der Waals surface area contributed by atoms with Crippen LogP contribution in [0.2, 0.25) is 0 Å². The third-order valence-corrected chi connectivity index (χ3v) is 1.91. The van der Waals surface area contributed by atoms with Gasteiger partial charge in [-0.05, 0) is 31.5 Å². The molecular weight excluding hydrogens is 171 g/mol. The van der Waals surface area contributed by atoms with E-state index in [0.29, 0.717) is 6.29 Å². The minimum Gasteiger partial charge on any atom is -0.298 e. The van der Waals surface area contributed by atoms with Gasteiger partial charge in [-0.1, -0.05) is 0 Å². The van der Waals surface area contributed by atoms with Gasteiger partial charge in [0.05, 0.1) is 0 Å². The average Bonchev–Trinajstić information content (AvgIpc) is 2.08. The minimum absolute atomic E-state index is 0.176. The van der Waals surface area contributed by atoms with Gasteiger partial charge in [0.25, 0.3) is 0 Å². The largest absolute Gasteiger partial charge is 0.298 e. The van der Waals surface area contributed by atoms with Crippen LogP contribution in [0.1, 0.15) is 33.2 Å². The molecule has 0 radical (unpaired) electrons. The third kappa shape index (κ3) is 1.64. The summed E-state index contributed by atoms with van der Waals surface area (Å²) in [5.74, 6) is -0.755. The van der Waals surface area contributed by atoms with Crippen molar-refractivity contribution in [3.05, 3.63) is 34.6 Å². The van der Waals surface area contributed by atoms with Crippen molar-refractivity contribution in [1.29, 1.82) is 0 Å². The fourth-order valence-electron chi connectivity index (χ4n) is 1.27. The molecule has 1 aromatic rings. The molecule has 0 N–H and O–H groups in total. The van der Waals surface area contributed by atoms with E-state index in [1.165, 1.54) is 26.0 Å². The van der Waals surface area contributed by atoms with Crippen molar-refractivity contribution in [3.63, 3.8) is 0 Å². The van der Waals surface area contributed by atoms with Crippen LogP contribution in [0.25, 0.3) is 0 Å². The van der Waals surface area contributed by atoms with Gasteiger partial charge < -0.3 is 0 Å². The molecule has 0 aliphatic heterocycles. The van der Waals surface area contributed by atoms with E-state index in [0.717, 1.165) is 0 Å². The van der Waals surface area contributed by atoms with Crippen LogP contribution in [-0.2, 0) is 0 Å². The summed E-state index contributed by atoms with van der Waals surface area (Å²) >= 11 is 0. The van der Waals surface area contributed by atoms with Crippen molar-refractivity contribution in [3.8, 4) is 0 Å². The van der Waals surface area contributed by atoms with Crippen molar-refractivity contribution >= 4 is 12.1 Å². The number of ketones is 1. The lowest BCUT2D eigenvalue weighted by atomic mass is 9.99. The number of aldehydes is 1. The predicted octanol–water partition coefficient (Wildman–Crippen LogP) is 2.15. The zero-order chi connectivity index (χ0) is 10.0. The van der Waals surface area contributed by atoms with Crippen LogP contribution in [0.5, 0.6) is 0 Å². The topological polar surface area (TPSA) is 34.1 Å². The molecule has 0 heterocycles. The molecule has 0 unspecified atom stereocenters. The van der Waals surface area contributed by atoms with Gasteiger partial charge in [0, 0.05) is 11.1 Å². The van der Waals surface area contributed by atoms with Crippen LogP contribution in [0.4, 0.5) is 4.39 Å². The summed E-state index contributed by atoms with van der Waals surface area (Å²) in [5, 5.41) is 0. The quantitative estimate of drug-likeness (QED) is 0.516. The van der Waals surface area contributed by atoms with E-state index in [9.17, 15) is 14.0 Å². The first-order valence-corrected chi connectivity index (χ1v) is 3.83. The standard InChI is InChI=1S/C10H9FO2/c1-6-9(11)4-3-8(5-12)10(6)7(2)13/h3-5H,1-2H3. The number of carbonyl (C=O) groups excluding carboxylic acids is 2. The number of halogens is 1. The average molecular weight is 180 g/mol. The van der Waals surface area contributed by atoms with Crippen molar-refractivity contribution in [2.75, 3.05) is 0 Å². The van der Waals surface area contributed by atoms with Gasteiger partial charge in [-0.25, -0.2) is 4.39 Å². The van der Waals surface area contributed by atoms with Gasteiger partial charge in [0.15, 0.2) is 12.1 Å². The lowest BCUT2D eigenvalue weighted by Gasteiger charge is -2.05. The van der Waals surface area contributed by atoms with Gasteiger partial charge in [-0.3, -0.25) is 9.59 Å². The van der Waals surface area contributed by atoms with Crippen LogP contribution >= 0.6 is 0 Å². The number of carbonyl (C=O) groups is 2. The zero-order valence-electron chi connectivity index (χ0n) is 7.43. The molecule has 0 aliphatic rings. The maximum absolute atomic E-state index is 13.0. The first-order valence-electron chi connectivity index (χ1n) is 3.83. The minimum atomic E-state index is -0.462. The SMILES string of the molecule is CC(=O)c1c(C=O)ccc(F)c1C. The van der Waals surface area contributed by atoms with Crippen molar-refractivity contribution in [2.24, 2.45) is 0 Å². The fraction of sp³-hybridized carbons (Fsp3) is 0.200. The molecule has 1 aromatic carbocycles. The normalized spacial score (nSPS) is 9.77. The van der Waals surface area contributed by atoms with E-state index in [2.05, 4.69) is 0 Å². The van der Waals surface area contributed by atoms with Crippen LogP contribution in [0, 0.1) is 12.7 Å². The number of benzene rings is 1. The molecule has 0 spiro atoms. The second-order valence-corrected chi connectivity index (χ2v) is 2.81. The fourth-order valence-corrected chi connectivity index (χ4v) is 1.27. The Morgan fingerprint density at radius 3 is 2.54 bits per heavy atom. The van der Waals surface area contributed by atoms with Crippen LogP contribution in [-0.4, -0.2) is 12.1 Å². The number of hydrogen-bond donors (Lipinski definition) is 0. The summed E-state index contributed by atoms with van der Waals surface area (Å²) < 4.78 is 13.0. The zero-order valence-corrected chi connectivity index (χ0v) is 7.43. The Bertz CT molecular complexity index is 369. The Kier molecular flexibility index (Phi) is 2.56. The predicted molar refractivity (Wildman–Crippen MR) is 46.5 cm³/mol. The molecule has 2 nitrogen and oxygen atoms in total. The van der Waals surface area contributed by atoms with Gasteiger partial charge in [0.2, 0.25) is 0 Å². The summed E-state index contributed by atoms with van der Waals surface area (Å²) in [7, 11) is 0. The summed E-state index contributed by atoms with van der Waals surface area (Å²) in [6.45, 7) is 2.80. The molecule has 0 saturated carbocycles. The summed E-state index contributed by atoms with van der Waals surface area (Å²) in [6, 6.07) is 2.50. The van der Waals surface area contributed by atoms with E-state index in [1.807, 2.05) is 0 Å². The third-order valence-electron chi connectivity index (χ3n) is 1.91. The Labute approximate surface area is 75.4 Å². The first-order chi connectivity index (χ1) is 6.07. The van der Waals surface area contributed by atoms with Gasteiger partial charge in [-0.2, -0.15) is 0 Å². The summed E-state index contributed by atoms with van der Waals surface area (Å²) in [4.78, 5) is 21.6. The molecule has 1 rings (SSSR count). The Morgan fingerprint density at radius 1 is 1.46 bits per heavy atom. The molecule has 0 aromatic heterocycles. The Morgan fingerprint density at radius 2 is 2.08 bits per heavy atom. The van der Waals surface area contributed by atoms with E-state index >= 15 is 0 Å². The first kappa shape index (κ1) is 9.58. The van der Waals surface area contributed by atoms with E-state index in [1.54, 1.807) is 0 Å². The van der Waals surface area contributed by atoms with Crippen molar-refractivity contribution < 1.29 is 14.0 Å². The molecule has 0 aliphatic carbocycles. The molecule has 0 saturated heterocycles. The van der Waals surface area contributed by atoms with Crippen LogP contribution in [0.3, 0.4) is 0 Å². The van der Waals surface area contributed by atoms with Crippen LogP contribution in [0.15, 0.2) is 12.1 Å². The van der Waals surface area contributed by atoms with E-state index in [4.69, 9.17) is 0 Å².